The average molecular weight is 284 g/mol. The van der Waals surface area contributed by atoms with E-state index in [1.54, 1.807) is 0 Å². The van der Waals surface area contributed by atoms with Crippen LogP contribution in [0.3, 0.4) is 0 Å². The van der Waals surface area contributed by atoms with Crippen LogP contribution in [0.5, 0.6) is 5.75 Å². The SMILES string of the molecule is COC(=O)[C@@H]1C[C@H](Oc2c(C)cc(C)cc2Cl)CN1. The van der Waals surface area contributed by atoms with Crippen molar-refractivity contribution in [3.63, 3.8) is 0 Å². The molecule has 0 radical (unpaired) electrons. The molecule has 1 N–H and O–H groups in total. The Morgan fingerprint density at radius 2 is 2.16 bits per heavy atom. The molecule has 0 bridgehead atoms. The first-order chi connectivity index (χ1) is 9.01. The Labute approximate surface area is 118 Å². The van der Waals surface area contributed by atoms with E-state index in [9.17, 15) is 4.79 Å². The van der Waals surface area contributed by atoms with Crippen LogP contribution in [-0.4, -0.2) is 31.8 Å². The summed E-state index contributed by atoms with van der Waals surface area (Å²) in [5.74, 6) is 0.447. The highest BCUT2D eigenvalue weighted by molar-refractivity contribution is 6.32. The fourth-order valence-corrected chi connectivity index (χ4v) is 2.70. The Morgan fingerprint density at radius 1 is 1.42 bits per heavy atom. The van der Waals surface area contributed by atoms with E-state index in [4.69, 9.17) is 21.1 Å². The van der Waals surface area contributed by atoms with Crippen molar-refractivity contribution in [2.45, 2.75) is 32.4 Å². The van der Waals surface area contributed by atoms with Gasteiger partial charge in [0, 0.05) is 13.0 Å². The van der Waals surface area contributed by atoms with Gasteiger partial charge in [-0.3, -0.25) is 4.79 Å². The number of hydrogen-bond acceptors (Lipinski definition) is 4. The van der Waals surface area contributed by atoms with Crippen LogP contribution < -0.4 is 10.1 Å². The van der Waals surface area contributed by atoms with Crippen molar-refractivity contribution < 1.29 is 14.3 Å². The van der Waals surface area contributed by atoms with E-state index in [2.05, 4.69) is 5.32 Å². The van der Waals surface area contributed by atoms with Crippen molar-refractivity contribution in [1.29, 1.82) is 0 Å². The molecule has 1 saturated heterocycles. The van der Waals surface area contributed by atoms with E-state index < -0.39 is 0 Å². The van der Waals surface area contributed by atoms with Crippen LogP contribution in [0.25, 0.3) is 0 Å². The summed E-state index contributed by atoms with van der Waals surface area (Å²) in [5, 5.41) is 3.70. The van der Waals surface area contributed by atoms with E-state index in [1.165, 1.54) is 7.11 Å². The fourth-order valence-electron chi connectivity index (χ4n) is 2.33. The number of carbonyl (C=O) groups excluding carboxylic acids is 1. The normalized spacial score (nSPS) is 22.3. The maximum atomic E-state index is 11.4. The quantitative estimate of drug-likeness (QED) is 0.865. The van der Waals surface area contributed by atoms with Gasteiger partial charge in [-0.25, -0.2) is 0 Å². The van der Waals surface area contributed by atoms with Crippen molar-refractivity contribution >= 4 is 17.6 Å². The molecule has 1 aromatic rings. The molecular weight excluding hydrogens is 266 g/mol. The maximum Gasteiger partial charge on any atom is 0.323 e. The molecule has 19 heavy (non-hydrogen) atoms. The molecule has 2 atom stereocenters. The zero-order valence-electron chi connectivity index (χ0n) is 11.3. The summed E-state index contributed by atoms with van der Waals surface area (Å²) in [7, 11) is 1.39. The van der Waals surface area contributed by atoms with Crippen molar-refractivity contribution in [3.8, 4) is 5.75 Å². The molecule has 5 heteroatoms. The van der Waals surface area contributed by atoms with Gasteiger partial charge in [0.2, 0.25) is 0 Å². The molecule has 0 unspecified atom stereocenters. The Balaban J connectivity index is 2.05. The van der Waals surface area contributed by atoms with E-state index in [0.29, 0.717) is 23.7 Å². The standard InChI is InChI=1S/C14H18ClNO3/c1-8-4-9(2)13(11(15)5-8)19-10-6-12(16-7-10)14(17)18-3/h4-5,10,12,16H,6-7H2,1-3H3/t10-,12-/m0/s1. The first-order valence-electron chi connectivity index (χ1n) is 6.26. The highest BCUT2D eigenvalue weighted by Crippen LogP contribution is 2.31. The zero-order valence-corrected chi connectivity index (χ0v) is 12.1. The number of rotatable bonds is 3. The van der Waals surface area contributed by atoms with Crippen LogP contribution in [0.4, 0.5) is 0 Å². The monoisotopic (exact) mass is 283 g/mol. The lowest BCUT2D eigenvalue weighted by Gasteiger charge is -2.16. The third-order valence-corrected chi connectivity index (χ3v) is 3.52. The number of hydrogen-bond donors (Lipinski definition) is 1. The lowest BCUT2D eigenvalue weighted by molar-refractivity contribution is -0.142. The minimum Gasteiger partial charge on any atom is -0.487 e. The number of esters is 1. The van der Waals surface area contributed by atoms with Gasteiger partial charge in [-0.05, 0) is 31.0 Å². The molecule has 0 saturated carbocycles. The highest BCUT2D eigenvalue weighted by atomic mass is 35.5. The van der Waals surface area contributed by atoms with Gasteiger partial charge in [0.1, 0.15) is 17.9 Å². The van der Waals surface area contributed by atoms with Crippen LogP contribution in [0.1, 0.15) is 17.5 Å². The van der Waals surface area contributed by atoms with Gasteiger partial charge in [-0.2, -0.15) is 0 Å². The van der Waals surface area contributed by atoms with Crippen LogP contribution in [0.2, 0.25) is 5.02 Å². The number of halogens is 1. The van der Waals surface area contributed by atoms with E-state index in [-0.39, 0.29) is 18.1 Å². The molecule has 1 aromatic carbocycles. The molecule has 0 spiro atoms. The van der Waals surface area contributed by atoms with Gasteiger partial charge >= 0.3 is 5.97 Å². The van der Waals surface area contributed by atoms with Crippen LogP contribution in [-0.2, 0) is 9.53 Å². The third kappa shape index (κ3) is 3.19. The molecule has 1 fully saturated rings. The van der Waals surface area contributed by atoms with Crippen molar-refractivity contribution in [1.82, 2.24) is 5.32 Å². The van der Waals surface area contributed by atoms with Crippen molar-refractivity contribution in [2.75, 3.05) is 13.7 Å². The number of carbonyl (C=O) groups is 1. The number of methoxy groups -OCH3 is 1. The van der Waals surface area contributed by atoms with Gasteiger partial charge in [-0.1, -0.05) is 17.7 Å². The second-order valence-electron chi connectivity index (χ2n) is 4.85. The first kappa shape index (κ1) is 14.2. The van der Waals surface area contributed by atoms with E-state index in [0.717, 1.165) is 11.1 Å². The molecule has 1 aliphatic heterocycles. The van der Waals surface area contributed by atoms with Crippen LogP contribution in [0.15, 0.2) is 12.1 Å². The molecule has 104 valence electrons. The molecular formula is C14H18ClNO3. The third-order valence-electron chi connectivity index (χ3n) is 3.23. The van der Waals surface area contributed by atoms with Crippen LogP contribution >= 0.6 is 11.6 Å². The second kappa shape index (κ2) is 5.80. The number of ether oxygens (including phenoxy) is 2. The smallest absolute Gasteiger partial charge is 0.323 e. The van der Waals surface area contributed by atoms with E-state index in [1.807, 2.05) is 26.0 Å². The molecule has 4 nitrogen and oxygen atoms in total. The molecule has 1 aliphatic rings. The molecule has 2 rings (SSSR count). The molecule has 0 aliphatic carbocycles. The topological polar surface area (TPSA) is 47.6 Å². The average Bonchev–Trinajstić information content (AvgIpc) is 2.81. The largest absolute Gasteiger partial charge is 0.487 e. The van der Waals surface area contributed by atoms with Crippen LogP contribution in [0, 0.1) is 13.8 Å². The lowest BCUT2D eigenvalue weighted by Crippen LogP contribution is -2.31. The molecule has 0 amide bonds. The summed E-state index contributed by atoms with van der Waals surface area (Å²) in [6.45, 7) is 4.57. The van der Waals surface area contributed by atoms with Gasteiger partial charge in [0.05, 0.1) is 12.1 Å². The highest BCUT2D eigenvalue weighted by Gasteiger charge is 2.31. The summed E-state index contributed by atoms with van der Waals surface area (Å²) in [4.78, 5) is 11.4. The zero-order chi connectivity index (χ0) is 14.0. The summed E-state index contributed by atoms with van der Waals surface area (Å²) >= 11 is 6.20. The molecule has 0 aromatic heterocycles. The maximum absolute atomic E-state index is 11.4. The van der Waals surface area contributed by atoms with Gasteiger partial charge in [0.25, 0.3) is 0 Å². The fraction of sp³-hybridized carbons (Fsp3) is 0.500. The summed E-state index contributed by atoms with van der Waals surface area (Å²) in [6.07, 6.45) is 0.527. The Bertz CT molecular complexity index is 467. The summed E-state index contributed by atoms with van der Waals surface area (Å²) in [6, 6.07) is 3.62. The van der Waals surface area contributed by atoms with Gasteiger partial charge < -0.3 is 14.8 Å². The van der Waals surface area contributed by atoms with Crippen molar-refractivity contribution in [2.24, 2.45) is 0 Å². The second-order valence-corrected chi connectivity index (χ2v) is 5.26. The number of benzene rings is 1. The summed E-state index contributed by atoms with van der Waals surface area (Å²) < 4.78 is 10.6. The number of nitrogens with one attached hydrogen (secondary N) is 1. The first-order valence-corrected chi connectivity index (χ1v) is 6.63. The van der Waals surface area contributed by atoms with Crippen molar-refractivity contribution in [3.05, 3.63) is 28.3 Å². The number of aryl methyl sites for hydroxylation is 2. The molecule has 1 heterocycles. The minimum atomic E-state index is -0.292. The lowest BCUT2D eigenvalue weighted by atomic mass is 10.1. The predicted molar refractivity (Wildman–Crippen MR) is 73.8 cm³/mol. The minimum absolute atomic E-state index is 0.0667. The van der Waals surface area contributed by atoms with Gasteiger partial charge in [0.15, 0.2) is 0 Å². The van der Waals surface area contributed by atoms with Gasteiger partial charge in [-0.15, -0.1) is 0 Å². The Kier molecular flexibility index (Phi) is 4.32. The predicted octanol–water partition coefficient (Wildman–Crippen LogP) is 2.24. The Hall–Kier alpha value is -1.26. The Morgan fingerprint density at radius 3 is 2.79 bits per heavy atom. The van der Waals surface area contributed by atoms with E-state index >= 15 is 0 Å². The summed E-state index contributed by atoms with van der Waals surface area (Å²) in [5.41, 5.74) is 2.11.